The molecule has 2 heteroatoms. The van der Waals surface area contributed by atoms with E-state index in [0.29, 0.717) is 5.92 Å². The van der Waals surface area contributed by atoms with Gasteiger partial charge in [0, 0.05) is 5.56 Å². The van der Waals surface area contributed by atoms with Crippen LogP contribution >= 0.6 is 0 Å². The lowest BCUT2D eigenvalue weighted by molar-refractivity contribution is 0.225. The summed E-state index contributed by atoms with van der Waals surface area (Å²) in [4.78, 5) is 0. The second kappa shape index (κ2) is 6.54. The van der Waals surface area contributed by atoms with E-state index in [4.69, 9.17) is 4.74 Å². The van der Waals surface area contributed by atoms with Crippen LogP contribution in [-0.2, 0) is 6.61 Å². The fourth-order valence-electron chi connectivity index (χ4n) is 1.77. The first kappa shape index (κ1) is 13.0. The van der Waals surface area contributed by atoms with Gasteiger partial charge in [-0.05, 0) is 18.4 Å². The Bertz CT molecular complexity index is 317. The molecule has 0 aliphatic heterocycles. The first-order valence-corrected chi connectivity index (χ1v) is 6.05. The van der Waals surface area contributed by atoms with Crippen LogP contribution in [0.5, 0.6) is 5.75 Å². The Balaban J connectivity index is 2.72. The highest BCUT2D eigenvalue weighted by Gasteiger charge is 2.09. The molecule has 0 saturated heterocycles. The maximum atomic E-state index is 9.24. The Labute approximate surface area is 98.3 Å². The summed E-state index contributed by atoms with van der Waals surface area (Å²) >= 11 is 0. The third kappa shape index (κ3) is 3.24. The van der Waals surface area contributed by atoms with E-state index < -0.39 is 0 Å². The molecule has 1 aromatic carbocycles. The number of aliphatic hydroxyl groups excluding tert-OH is 1. The van der Waals surface area contributed by atoms with Gasteiger partial charge in [0.05, 0.1) is 13.2 Å². The molecule has 0 spiro atoms. The van der Waals surface area contributed by atoms with Crippen molar-refractivity contribution in [3.05, 3.63) is 29.3 Å². The standard InChI is InChI=1S/C14H22O2/c1-4-12(5-2)10-16-14-11(3)7-6-8-13(14)9-15/h6-8,12,15H,4-5,9-10H2,1-3H3. The number of hydrogen-bond donors (Lipinski definition) is 1. The maximum absolute atomic E-state index is 9.24. The van der Waals surface area contributed by atoms with E-state index in [1.807, 2.05) is 25.1 Å². The second-order valence-electron chi connectivity index (χ2n) is 4.21. The molecule has 0 bridgehead atoms. The minimum atomic E-state index is 0.0416. The summed E-state index contributed by atoms with van der Waals surface area (Å²) in [5, 5.41) is 9.24. The van der Waals surface area contributed by atoms with Crippen molar-refractivity contribution in [1.29, 1.82) is 0 Å². The SMILES string of the molecule is CCC(CC)COc1c(C)cccc1CO. The quantitative estimate of drug-likeness (QED) is 0.800. The number of hydrogen-bond acceptors (Lipinski definition) is 2. The Morgan fingerprint density at radius 2 is 1.94 bits per heavy atom. The van der Waals surface area contributed by atoms with Crippen molar-refractivity contribution in [2.45, 2.75) is 40.2 Å². The zero-order chi connectivity index (χ0) is 12.0. The Hall–Kier alpha value is -1.02. The van der Waals surface area contributed by atoms with Gasteiger partial charge in [0.1, 0.15) is 5.75 Å². The molecule has 0 unspecified atom stereocenters. The average Bonchev–Trinajstić information content (AvgIpc) is 2.31. The summed E-state index contributed by atoms with van der Waals surface area (Å²) in [5.74, 6) is 1.46. The van der Waals surface area contributed by atoms with Crippen LogP contribution in [0.3, 0.4) is 0 Å². The van der Waals surface area contributed by atoms with Crippen LogP contribution in [0.25, 0.3) is 0 Å². The fourth-order valence-corrected chi connectivity index (χ4v) is 1.77. The number of para-hydroxylation sites is 1. The summed E-state index contributed by atoms with van der Waals surface area (Å²) in [6, 6.07) is 5.88. The molecule has 90 valence electrons. The molecule has 0 aliphatic rings. The molecule has 0 atom stereocenters. The van der Waals surface area contributed by atoms with Gasteiger partial charge in [0.25, 0.3) is 0 Å². The van der Waals surface area contributed by atoms with Gasteiger partial charge in [-0.1, -0.05) is 44.9 Å². The molecule has 0 radical (unpaired) electrons. The van der Waals surface area contributed by atoms with Crippen molar-refractivity contribution in [2.75, 3.05) is 6.61 Å². The van der Waals surface area contributed by atoms with Gasteiger partial charge >= 0.3 is 0 Å². The summed E-state index contributed by atoms with van der Waals surface area (Å²) in [5.41, 5.74) is 1.98. The van der Waals surface area contributed by atoms with Gasteiger partial charge in [0.15, 0.2) is 0 Å². The first-order chi connectivity index (χ1) is 7.72. The largest absolute Gasteiger partial charge is 0.493 e. The fraction of sp³-hybridized carbons (Fsp3) is 0.571. The van der Waals surface area contributed by atoms with Gasteiger partial charge in [-0.15, -0.1) is 0 Å². The zero-order valence-corrected chi connectivity index (χ0v) is 10.5. The normalized spacial score (nSPS) is 10.8. The van der Waals surface area contributed by atoms with Crippen LogP contribution in [0.1, 0.15) is 37.8 Å². The molecular formula is C14H22O2. The van der Waals surface area contributed by atoms with Gasteiger partial charge in [-0.2, -0.15) is 0 Å². The lowest BCUT2D eigenvalue weighted by Crippen LogP contribution is -2.11. The van der Waals surface area contributed by atoms with E-state index in [1.54, 1.807) is 0 Å². The van der Waals surface area contributed by atoms with E-state index in [0.717, 1.165) is 36.3 Å². The minimum Gasteiger partial charge on any atom is -0.493 e. The van der Waals surface area contributed by atoms with E-state index >= 15 is 0 Å². The molecule has 0 heterocycles. The lowest BCUT2D eigenvalue weighted by atomic mass is 10.0. The molecular weight excluding hydrogens is 200 g/mol. The lowest BCUT2D eigenvalue weighted by Gasteiger charge is -2.17. The minimum absolute atomic E-state index is 0.0416. The van der Waals surface area contributed by atoms with Crippen LogP contribution < -0.4 is 4.74 Å². The highest BCUT2D eigenvalue weighted by Crippen LogP contribution is 2.24. The monoisotopic (exact) mass is 222 g/mol. The third-order valence-corrected chi connectivity index (χ3v) is 3.08. The Morgan fingerprint density at radius 1 is 1.25 bits per heavy atom. The second-order valence-corrected chi connectivity index (χ2v) is 4.21. The van der Waals surface area contributed by atoms with E-state index in [-0.39, 0.29) is 6.61 Å². The highest BCUT2D eigenvalue weighted by atomic mass is 16.5. The summed E-state index contributed by atoms with van der Waals surface area (Å²) in [6.07, 6.45) is 2.27. The predicted molar refractivity (Wildman–Crippen MR) is 66.7 cm³/mol. The summed E-state index contributed by atoms with van der Waals surface area (Å²) in [6.45, 7) is 7.16. The van der Waals surface area contributed by atoms with Gasteiger partial charge in [-0.25, -0.2) is 0 Å². The molecule has 16 heavy (non-hydrogen) atoms. The van der Waals surface area contributed by atoms with Crippen molar-refractivity contribution < 1.29 is 9.84 Å². The van der Waals surface area contributed by atoms with E-state index in [9.17, 15) is 5.11 Å². The average molecular weight is 222 g/mol. The van der Waals surface area contributed by atoms with Gasteiger partial charge in [0.2, 0.25) is 0 Å². The topological polar surface area (TPSA) is 29.5 Å². The van der Waals surface area contributed by atoms with Crippen molar-refractivity contribution in [3.63, 3.8) is 0 Å². The Morgan fingerprint density at radius 3 is 2.50 bits per heavy atom. The molecule has 1 N–H and O–H groups in total. The van der Waals surface area contributed by atoms with E-state index in [2.05, 4.69) is 13.8 Å². The smallest absolute Gasteiger partial charge is 0.127 e. The van der Waals surface area contributed by atoms with Crippen molar-refractivity contribution in [1.82, 2.24) is 0 Å². The van der Waals surface area contributed by atoms with Crippen LogP contribution in [-0.4, -0.2) is 11.7 Å². The molecule has 0 saturated carbocycles. The molecule has 1 rings (SSSR count). The molecule has 0 fully saturated rings. The van der Waals surface area contributed by atoms with Crippen molar-refractivity contribution in [2.24, 2.45) is 5.92 Å². The van der Waals surface area contributed by atoms with E-state index in [1.165, 1.54) is 0 Å². The molecule has 0 aliphatic carbocycles. The molecule has 0 aromatic heterocycles. The number of aliphatic hydroxyl groups is 1. The maximum Gasteiger partial charge on any atom is 0.127 e. The van der Waals surface area contributed by atoms with Crippen LogP contribution in [0.4, 0.5) is 0 Å². The number of ether oxygens (including phenoxy) is 1. The molecule has 0 amide bonds. The number of benzene rings is 1. The van der Waals surface area contributed by atoms with Crippen LogP contribution in [0.2, 0.25) is 0 Å². The van der Waals surface area contributed by atoms with Gasteiger partial charge < -0.3 is 9.84 Å². The molecule has 1 aromatic rings. The predicted octanol–water partition coefficient (Wildman–Crippen LogP) is 3.30. The third-order valence-electron chi connectivity index (χ3n) is 3.08. The summed E-state index contributed by atoms with van der Waals surface area (Å²) in [7, 11) is 0. The number of rotatable bonds is 6. The summed E-state index contributed by atoms with van der Waals surface area (Å²) < 4.78 is 5.84. The Kier molecular flexibility index (Phi) is 5.33. The molecule has 2 nitrogen and oxygen atoms in total. The van der Waals surface area contributed by atoms with Crippen molar-refractivity contribution in [3.8, 4) is 5.75 Å². The highest BCUT2D eigenvalue weighted by molar-refractivity contribution is 5.40. The number of aryl methyl sites for hydroxylation is 1. The first-order valence-electron chi connectivity index (χ1n) is 6.05. The zero-order valence-electron chi connectivity index (χ0n) is 10.5. The van der Waals surface area contributed by atoms with Gasteiger partial charge in [-0.3, -0.25) is 0 Å². The van der Waals surface area contributed by atoms with Crippen LogP contribution in [0, 0.1) is 12.8 Å². The van der Waals surface area contributed by atoms with Crippen LogP contribution in [0.15, 0.2) is 18.2 Å². The van der Waals surface area contributed by atoms with Crippen molar-refractivity contribution >= 4 is 0 Å².